The normalized spacial score (nSPS) is 35.9. The van der Waals surface area contributed by atoms with E-state index in [1.165, 1.54) is 0 Å². The molecular weight excluding hydrogens is 194 g/mol. The maximum absolute atomic E-state index is 11.4. The highest BCUT2D eigenvalue weighted by atomic mass is 16.6. The molecule has 86 valence electrons. The first-order chi connectivity index (χ1) is 6.99. The number of carbonyl (C=O) groups is 1. The molecule has 3 N–H and O–H groups in total. The van der Waals surface area contributed by atoms with Gasteiger partial charge >= 0.3 is 0 Å². The van der Waals surface area contributed by atoms with Crippen LogP contribution in [-0.4, -0.2) is 48.8 Å². The predicted octanol–water partition coefficient (Wildman–Crippen LogP) is -0.728. The van der Waals surface area contributed by atoms with Crippen molar-refractivity contribution in [3.8, 4) is 0 Å². The molecule has 2 fully saturated rings. The summed E-state index contributed by atoms with van der Waals surface area (Å²) in [7, 11) is 1.89. The number of carbonyl (C=O) groups excluding carboxylic acids is 1. The van der Waals surface area contributed by atoms with Crippen LogP contribution in [-0.2, 0) is 9.53 Å². The summed E-state index contributed by atoms with van der Waals surface area (Å²) in [4.78, 5) is 13.3. The van der Waals surface area contributed by atoms with Crippen molar-refractivity contribution in [1.29, 1.82) is 0 Å². The summed E-state index contributed by atoms with van der Waals surface area (Å²) in [6.07, 6.45) is 1.89. The number of piperidine rings is 1. The number of nitrogens with two attached hydrogens (primary N) is 1. The lowest BCUT2D eigenvalue weighted by Gasteiger charge is -2.34. The monoisotopic (exact) mass is 213 g/mol. The largest absolute Gasteiger partial charge is 0.366 e. The third-order valence-corrected chi connectivity index (χ3v) is 3.64. The molecule has 0 saturated carbocycles. The van der Waals surface area contributed by atoms with Crippen LogP contribution in [0.5, 0.6) is 0 Å². The van der Waals surface area contributed by atoms with Crippen molar-refractivity contribution in [2.24, 2.45) is 5.73 Å². The average Bonchev–Trinajstić information content (AvgIpc) is 2.41. The molecular formula is C10H19N3O2. The predicted molar refractivity (Wildman–Crippen MR) is 56.1 cm³/mol. The summed E-state index contributed by atoms with van der Waals surface area (Å²) in [6, 6.07) is 0. The first-order valence-electron chi connectivity index (χ1n) is 5.41. The van der Waals surface area contributed by atoms with E-state index < -0.39 is 11.6 Å². The highest BCUT2D eigenvalue weighted by Crippen LogP contribution is 2.38. The second-order valence-corrected chi connectivity index (χ2v) is 4.74. The molecule has 0 aliphatic carbocycles. The van der Waals surface area contributed by atoms with Crippen molar-refractivity contribution in [2.45, 2.75) is 31.1 Å². The van der Waals surface area contributed by atoms with E-state index >= 15 is 0 Å². The molecule has 1 atom stereocenters. The van der Waals surface area contributed by atoms with Gasteiger partial charge in [0.1, 0.15) is 0 Å². The van der Waals surface area contributed by atoms with Gasteiger partial charge in [-0.2, -0.15) is 0 Å². The van der Waals surface area contributed by atoms with Crippen molar-refractivity contribution in [3.63, 3.8) is 0 Å². The van der Waals surface area contributed by atoms with Crippen LogP contribution >= 0.6 is 0 Å². The molecule has 2 aliphatic rings. The smallest absolute Gasteiger partial charge is 0.264 e. The standard InChI is InChI=1S/C10H19N3O2/c1-9(8(11)14)13(2)7-10(15-9)3-5-12-6-4-10/h12H,3-7H2,1-2H3,(H2,11,14). The number of hydrogen-bond acceptors (Lipinski definition) is 4. The van der Waals surface area contributed by atoms with E-state index in [1.54, 1.807) is 6.92 Å². The number of hydrogen-bond donors (Lipinski definition) is 2. The van der Waals surface area contributed by atoms with Crippen LogP contribution in [0.1, 0.15) is 19.8 Å². The van der Waals surface area contributed by atoms with Gasteiger partial charge in [-0.05, 0) is 39.9 Å². The van der Waals surface area contributed by atoms with E-state index in [9.17, 15) is 4.79 Å². The molecule has 1 unspecified atom stereocenters. The van der Waals surface area contributed by atoms with Crippen molar-refractivity contribution < 1.29 is 9.53 Å². The number of likely N-dealkylation sites (N-methyl/N-ethyl adjacent to an activating group) is 1. The molecule has 2 heterocycles. The fourth-order valence-corrected chi connectivity index (χ4v) is 2.50. The lowest BCUT2D eigenvalue weighted by Crippen LogP contribution is -2.51. The molecule has 2 aliphatic heterocycles. The Hall–Kier alpha value is -0.650. The zero-order valence-corrected chi connectivity index (χ0v) is 9.38. The first-order valence-corrected chi connectivity index (χ1v) is 5.41. The molecule has 5 nitrogen and oxygen atoms in total. The van der Waals surface area contributed by atoms with Crippen molar-refractivity contribution in [1.82, 2.24) is 10.2 Å². The van der Waals surface area contributed by atoms with Crippen LogP contribution in [0.4, 0.5) is 0 Å². The number of amides is 1. The maximum Gasteiger partial charge on any atom is 0.264 e. The average molecular weight is 213 g/mol. The molecule has 0 radical (unpaired) electrons. The zero-order valence-electron chi connectivity index (χ0n) is 9.38. The topological polar surface area (TPSA) is 67.6 Å². The highest BCUT2D eigenvalue weighted by Gasteiger charge is 2.53. The Balaban J connectivity index is 2.18. The van der Waals surface area contributed by atoms with Gasteiger partial charge in [0.05, 0.1) is 5.60 Å². The van der Waals surface area contributed by atoms with Gasteiger partial charge < -0.3 is 15.8 Å². The van der Waals surface area contributed by atoms with E-state index in [-0.39, 0.29) is 5.60 Å². The minimum absolute atomic E-state index is 0.177. The summed E-state index contributed by atoms with van der Waals surface area (Å²) in [5, 5.41) is 3.29. The quantitative estimate of drug-likeness (QED) is 0.603. The summed E-state index contributed by atoms with van der Waals surface area (Å²) in [5.74, 6) is -0.402. The van der Waals surface area contributed by atoms with Gasteiger partial charge in [-0.25, -0.2) is 0 Å². The number of nitrogens with one attached hydrogen (secondary N) is 1. The number of primary amides is 1. The highest BCUT2D eigenvalue weighted by molar-refractivity contribution is 5.82. The Morgan fingerprint density at radius 1 is 1.47 bits per heavy atom. The fraction of sp³-hybridized carbons (Fsp3) is 0.900. The third-order valence-electron chi connectivity index (χ3n) is 3.64. The molecule has 0 bridgehead atoms. The van der Waals surface area contributed by atoms with Gasteiger partial charge in [0.2, 0.25) is 0 Å². The second-order valence-electron chi connectivity index (χ2n) is 4.74. The van der Waals surface area contributed by atoms with Gasteiger partial charge in [0.25, 0.3) is 5.91 Å². The minimum Gasteiger partial charge on any atom is -0.366 e. The third kappa shape index (κ3) is 1.64. The maximum atomic E-state index is 11.4. The van der Waals surface area contributed by atoms with Crippen molar-refractivity contribution in [2.75, 3.05) is 26.7 Å². The molecule has 1 amide bonds. The van der Waals surface area contributed by atoms with Crippen LogP contribution in [0.15, 0.2) is 0 Å². The van der Waals surface area contributed by atoms with E-state index in [0.717, 1.165) is 32.5 Å². The fourth-order valence-electron chi connectivity index (χ4n) is 2.50. The molecule has 15 heavy (non-hydrogen) atoms. The molecule has 0 aromatic rings. The van der Waals surface area contributed by atoms with E-state index in [4.69, 9.17) is 10.5 Å². The molecule has 1 spiro atoms. The summed E-state index contributed by atoms with van der Waals surface area (Å²) < 4.78 is 5.96. The van der Waals surface area contributed by atoms with E-state index in [0.29, 0.717) is 0 Å². The van der Waals surface area contributed by atoms with Gasteiger partial charge in [-0.3, -0.25) is 9.69 Å². The van der Waals surface area contributed by atoms with Crippen molar-refractivity contribution in [3.05, 3.63) is 0 Å². The van der Waals surface area contributed by atoms with E-state index in [2.05, 4.69) is 5.32 Å². The number of nitrogens with zero attached hydrogens (tertiary/aromatic N) is 1. The Morgan fingerprint density at radius 3 is 2.53 bits per heavy atom. The van der Waals surface area contributed by atoms with Gasteiger partial charge in [-0.15, -0.1) is 0 Å². The molecule has 5 heteroatoms. The van der Waals surface area contributed by atoms with Crippen LogP contribution in [0.25, 0.3) is 0 Å². The summed E-state index contributed by atoms with van der Waals surface area (Å²) in [5.41, 5.74) is 4.28. The van der Waals surface area contributed by atoms with Crippen LogP contribution in [0.2, 0.25) is 0 Å². The molecule has 2 saturated heterocycles. The first kappa shape index (κ1) is 10.9. The Bertz CT molecular complexity index is 276. The number of rotatable bonds is 1. The van der Waals surface area contributed by atoms with Crippen LogP contribution < -0.4 is 11.1 Å². The molecule has 0 aromatic heterocycles. The molecule has 0 aromatic carbocycles. The lowest BCUT2D eigenvalue weighted by atomic mass is 9.93. The lowest BCUT2D eigenvalue weighted by molar-refractivity contribution is -0.165. The SMILES string of the molecule is CN1CC2(CCNCC2)OC1(C)C(N)=O. The molecule has 2 rings (SSSR count). The minimum atomic E-state index is -0.933. The summed E-state index contributed by atoms with van der Waals surface area (Å²) >= 11 is 0. The summed E-state index contributed by atoms with van der Waals surface area (Å²) in [6.45, 7) is 4.44. The van der Waals surface area contributed by atoms with Crippen LogP contribution in [0, 0.1) is 0 Å². The zero-order chi connectivity index (χ0) is 11.1. The van der Waals surface area contributed by atoms with Crippen LogP contribution in [0.3, 0.4) is 0 Å². The van der Waals surface area contributed by atoms with Gasteiger partial charge in [0, 0.05) is 6.54 Å². The van der Waals surface area contributed by atoms with Crippen molar-refractivity contribution >= 4 is 5.91 Å². The number of ether oxygens (including phenoxy) is 1. The second kappa shape index (κ2) is 3.43. The van der Waals surface area contributed by atoms with E-state index in [1.807, 2.05) is 11.9 Å². The Kier molecular flexibility index (Phi) is 2.48. The Labute approximate surface area is 89.9 Å². The van der Waals surface area contributed by atoms with Gasteiger partial charge in [-0.1, -0.05) is 0 Å². The van der Waals surface area contributed by atoms with Gasteiger partial charge in [0.15, 0.2) is 5.72 Å². The Morgan fingerprint density at radius 2 is 2.07 bits per heavy atom.